The van der Waals surface area contributed by atoms with Gasteiger partial charge in [-0.1, -0.05) is 42.5 Å². The molecule has 1 fully saturated rings. The minimum atomic E-state index is -5.00. The van der Waals surface area contributed by atoms with Crippen molar-refractivity contribution in [1.82, 2.24) is 15.1 Å². The van der Waals surface area contributed by atoms with Crippen LogP contribution in [0.4, 0.5) is 42.6 Å². The van der Waals surface area contributed by atoms with Gasteiger partial charge >= 0.3 is 18.4 Å². The highest BCUT2D eigenvalue weighted by molar-refractivity contribution is 5.95. The number of hydrogen-bond donors (Lipinski definition) is 1. The number of aromatic nitrogens is 2. The predicted molar refractivity (Wildman–Crippen MR) is 134 cm³/mol. The maximum absolute atomic E-state index is 13.1. The number of halogens is 6. The molecule has 0 atom stereocenters. The molecule has 39 heavy (non-hydrogen) atoms. The third-order valence-electron chi connectivity index (χ3n) is 6.45. The first-order valence-corrected chi connectivity index (χ1v) is 11.9. The SMILES string of the molecule is O=C(Nc1cc(C(F)(F)F)cc(C(F)(F)F)c1)N1CCN(c2ccc(-c3cccc4ccccc34)nn2)CC1. The summed E-state index contributed by atoms with van der Waals surface area (Å²) in [7, 11) is 0. The molecule has 6 nitrogen and oxygen atoms in total. The Kier molecular flexibility index (Phi) is 6.79. The maximum Gasteiger partial charge on any atom is 0.416 e. The normalized spacial score (nSPS) is 14.5. The molecule has 0 aliphatic carbocycles. The van der Waals surface area contributed by atoms with Crippen LogP contribution in [-0.2, 0) is 12.4 Å². The lowest BCUT2D eigenvalue weighted by Gasteiger charge is -2.35. The van der Waals surface area contributed by atoms with Gasteiger partial charge in [0.05, 0.1) is 16.8 Å². The number of anilines is 2. The van der Waals surface area contributed by atoms with Gasteiger partial charge < -0.3 is 15.1 Å². The molecule has 3 aromatic carbocycles. The molecule has 1 N–H and O–H groups in total. The molecule has 1 aliphatic rings. The summed E-state index contributed by atoms with van der Waals surface area (Å²) < 4.78 is 78.7. The molecule has 5 rings (SSSR count). The van der Waals surface area contributed by atoms with Crippen molar-refractivity contribution in [2.24, 2.45) is 0 Å². The number of benzene rings is 3. The fraction of sp³-hybridized carbons (Fsp3) is 0.222. The zero-order valence-corrected chi connectivity index (χ0v) is 20.2. The minimum absolute atomic E-state index is 0.0149. The second-order valence-electron chi connectivity index (χ2n) is 9.00. The lowest BCUT2D eigenvalue weighted by molar-refractivity contribution is -0.143. The number of carbonyl (C=O) groups excluding carboxylic acids is 1. The zero-order chi connectivity index (χ0) is 27.8. The Morgan fingerprint density at radius 1 is 0.744 bits per heavy atom. The lowest BCUT2D eigenvalue weighted by Crippen LogP contribution is -2.50. The van der Waals surface area contributed by atoms with Crippen molar-refractivity contribution >= 4 is 28.3 Å². The number of nitrogens with zero attached hydrogens (tertiary/aromatic N) is 4. The molecular formula is C27H21F6N5O. The Balaban J connectivity index is 1.24. The van der Waals surface area contributed by atoms with E-state index in [-0.39, 0.29) is 19.2 Å². The van der Waals surface area contributed by atoms with Crippen molar-refractivity contribution in [3.8, 4) is 11.3 Å². The van der Waals surface area contributed by atoms with E-state index < -0.39 is 35.2 Å². The number of urea groups is 1. The molecule has 4 aromatic rings. The van der Waals surface area contributed by atoms with Crippen LogP contribution in [0.1, 0.15) is 11.1 Å². The van der Waals surface area contributed by atoms with E-state index in [0.717, 1.165) is 16.3 Å². The molecule has 1 aromatic heterocycles. The molecule has 2 heterocycles. The number of hydrogen-bond acceptors (Lipinski definition) is 4. The van der Waals surface area contributed by atoms with Crippen molar-refractivity contribution in [2.45, 2.75) is 12.4 Å². The summed E-state index contributed by atoms with van der Waals surface area (Å²) in [6.07, 6.45) is -10.0. The molecule has 0 saturated carbocycles. The van der Waals surface area contributed by atoms with E-state index in [2.05, 4.69) is 15.5 Å². The average molecular weight is 545 g/mol. The summed E-state index contributed by atoms with van der Waals surface area (Å²) in [4.78, 5) is 15.9. The van der Waals surface area contributed by atoms with Crippen molar-refractivity contribution in [3.05, 3.63) is 83.9 Å². The molecule has 0 spiro atoms. The summed E-state index contributed by atoms with van der Waals surface area (Å²) in [6.45, 7) is 1.07. The van der Waals surface area contributed by atoms with Crippen LogP contribution in [0.3, 0.4) is 0 Å². The van der Waals surface area contributed by atoms with Gasteiger partial charge in [0.1, 0.15) is 0 Å². The number of amides is 2. The van der Waals surface area contributed by atoms with Crippen LogP contribution in [0.15, 0.2) is 72.8 Å². The summed E-state index contributed by atoms with van der Waals surface area (Å²) in [6, 6.07) is 17.7. The number of piperazine rings is 1. The van der Waals surface area contributed by atoms with Gasteiger partial charge in [-0.25, -0.2) is 4.79 Å². The molecule has 2 amide bonds. The second-order valence-corrected chi connectivity index (χ2v) is 9.00. The molecule has 0 radical (unpaired) electrons. The second kappa shape index (κ2) is 10.1. The molecular weight excluding hydrogens is 524 g/mol. The topological polar surface area (TPSA) is 61.4 Å². The van der Waals surface area contributed by atoms with Crippen LogP contribution in [0.5, 0.6) is 0 Å². The minimum Gasteiger partial charge on any atom is -0.352 e. The smallest absolute Gasteiger partial charge is 0.352 e. The Morgan fingerprint density at radius 2 is 1.38 bits per heavy atom. The highest BCUT2D eigenvalue weighted by Gasteiger charge is 2.37. The summed E-state index contributed by atoms with van der Waals surface area (Å²) in [5.41, 5.74) is -1.94. The summed E-state index contributed by atoms with van der Waals surface area (Å²) in [5, 5.41) is 13.0. The first-order chi connectivity index (χ1) is 18.5. The third-order valence-corrected chi connectivity index (χ3v) is 6.45. The fourth-order valence-corrected chi connectivity index (χ4v) is 4.45. The van der Waals surface area contributed by atoms with Crippen LogP contribution in [-0.4, -0.2) is 47.3 Å². The van der Waals surface area contributed by atoms with Gasteiger partial charge in [-0.3, -0.25) is 0 Å². The number of carbonyl (C=O) groups is 1. The number of rotatable bonds is 3. The van der Waals surface area contributed by atoms with Crippen molar-refractivity contribution in [1.29, 1.82) is 0 Å². The van der Waals surface area contributed by atoms with E-state index in [9.17, 15) is 31.1 Å². The first-order valence-electron chi connectivity index (χ1n) is 11.9. The fourth-order valence-electron chi connectivity index (χ4n) is 4.45. The van der Waals surface area contributed by atoms with Gasteiger partial charge in [0, 0.05) is 37.4 Å². The highest BCUT2D eigenvalue weighted by Crippen LogP contribution is 2.37. The summed E-state index contributed by atoms with van der Waals surface area (Å²) in [5.74, 6) is 0.590. The van der Waals surface area contributed by atoms with E-state index in [4.69, 9.17) is 0 Å². The quantitative estimate of drug-likeness (QED) is 0.292. The van der Waals surface area contributed by atoms with Gasteiger partial charge in [-0.05, 0) is 41.1 Å². The molecule has 0 unspecified atom stereocenters. The molecule has 12 heteroatoms. The Morgan fingerprint density at radius 3 is 2.00 bits per heavy atom. The van der Waals surface area contributed by atoms with Crippen LogP contribution in [0.25, 0.3) is 22.0 Å². The van der Waals surface area contributed by atoms with Crippen LogP contribution < -0.4 is 10.2 Å². The largest absolute Gasteiger partial charge is 0.416 e. The Labute approximate surface area is 218 Å². The Hall–Kier alpha value is -4.35. The van der Waals surface area contributed by atoms with E-state index in [0.29, 0.717) is 36.7 Å². The molecule has 202 valence electrons. The van der Waals surface area contributed by atoms with E-state index in [1.54, 1.807) is 0 Å². The molecule has 1 aliphatic heterocycles. The van der Waals surface area contributed by atoms with Crippen molar-refractivity contribution in [3.63, 3.8) is 0 Å². The highest BCUT2D eigenvalue weighted by atomic mass is 19.4. The van der Waals surface area contributed by atoms with Crippen LogP contribution >= 0.6 is 0 Å². The summed E-state index contributed by atoms with van der Waals surface area (Å²) >= 11 is 0. The maximum atomic E-state index is 13.1. The van der Waals surface area contributed by atoms with Crippen molar-refractivity contribution < 1.29 is 31.1 Å². The lowest BCUT2D eigenvalue weighted by atomic mass is 10.0. The van der Waals surface area contributed by atoms with Gasteiger partial charge in [0.25, 0.3) is 0 Å². The number of nitrogens with one attached hydrogen (secondary N) is 1. The predicted octanol–water partition coefficient (Wildman–Crippen LogP) is 6.69. The van der Waals surface area contributed by atoms with E-state index >= 15 is 0 Å². The van der Waals surface area contributed by atoms with E-state index in [1.807, 2.05) is 59.5 Å². The van der Waals surface area contributed by atoms with Crippen molar-refractivity contribution in [2.75, 3.05) is 36.4 Å². The van der Waals surface area contributed by atoms with Crippen LogP contribution in [0.2, 0.25) is 0 Å². The zero-order valence-electron chi connectivity index (χ0n) is 20.2. The molecule has 1 saturated heterocycles. The van der Waals surface area contributed by atoms with Gasteiger partial charge in [-0.2, -0.15) is 26.3 Å². The van der Waals surface area contributed by atoms with Gasteiger partial charge in [0.15, 0.2) is 5.82 Å². The van der Waals surface area contributed by atoms with E-state index in [1.165, 1.54) is 4.90 Å². The first kappa shape index (κ1) is 26.3. The standard InChI is InChI=1S/C27H21F6N5O/c28-26(29,30)18-14-19(27(31,32)33)16-20(15-18)34-25(39)38-12-10-37(11-13-38)24-9-8-23(35-36-24)22-7-3-5-17-4-1-2-6-21(17)22/h1-9,14-16H,10-13H2,(H,34,39). The van der Waals surface area contributed by atoms with Gasteiger partial charge in [0.2, 0.25) is 0 Å². The third kappa shape index (κ3) is 5.74. The van der Waals surface area contributed by atoms with Gasteiger partial charge in [-0.15, -0.1) is 10.2 Å². The van der Waals surface area contributed by atoms with Crippen LogP contribution in [0, 0.1) is 0 Å². The Bertz CT molecular complexity index is 1460. The molecule has 0 bridgehead atoms. The number of alkyl halides is 6. The number of fused-ring (bicyclic) bond motifs is 1. The monoisotopic (exact) mass is 545 g/mol. The average Bonchev–Trinajstić information content (AvgIpc) is 2.92.